The number of methoxy groups -OCH3 is 1. The summed E-state index contributed by atoms with van der Waals surface area (Å²) in [6.07, 6.45) is 1.35. The summed E-state index contributed by atoms with van der Waals surface area (Å²) in [6, 6.07) is 9.27. The average molecular weight is 818 g/mol. The summed E-state index contributed by atoms with van der Waals surface area (Å²) >= 11 is 0. The number of urea groups is 1. The molecule has 0 spiro atoms. The van der Waals surface area contributed by atoms with E-state index in [4.69, 9.17) is 10.5 Å². The van der Waals surface area contributed by atoms with Gasteiger partial charge in [0.05, 0.1) is 23.9 Å². The van der Waals surface area contributed by atoms with Gasteiger partial charge in [-0.05, 0) is 87.4 Å². The molecule has 17 heteroatoms. The van der Waals surface area contributed by atoms with Gasteiger partial charge in [-0.25, -0.2) is 14.1 Å². The van der Waals surface area contributed by atoms with Crippen LogP contribution >= 0.6 is 0 Å². The van der Waals surface area contributed by atoms with Crippen molar-refractivity contribution in [3.8, 4) is 5.75 Å². The first-order chi connectivity index (χ1) is 28.2. The van der Waals surface area contributed by atoms with E-state index >= 15 is 0 Å². The molecule has 4 rings (SSSR count). The van der Waals surface area contributed by atoms with Gasteiger partial charge in [0.1, 0.15) is 17.6 Å². The molecular formula is C42H56FN9O7. The second-order valence-electron chi connectivity index (χ2n) is 14.1. The number of anilines is 1. The Kier molecular flexibility index (Phi) is 16.7. The van der Waals surface area contributed by atoms with Crippen LogP contribution in [0.1, 0.15) is 71.5 Å². The predicted octanol–water partition coefficient (Wildman–Crippen LogP) is 2.84. The minimum absolute atomic E-state index is 0.00470. The largest absolute Gasteiger partial charge is 0.497 e. The number of nitrogens with two attached hydrogens (primary N) is 1. The van der Waals surface area contributed by atoms with Crippen LogP contribution in [0, 0.1) is 19.7 Å². The number of imide groups is 1. The normalized spacial score (nSPS) is 13.3. The van der Waals surface area contributed by atoms with Gasteiger partial charge in [-0.2, -0.15) is 0 Å². The molecule has 0 aliphatic carbocycles. The highest BCUT2D eigenvalue weighted by Gasteiger charge is 2.39. The number of carbonyl (C=O) groups excluding carboxylic acids is 6. The van der Waals surface area contributed by atoms with Crippen LogP contribution in [0.4, 0.5) is 14.9 Å². The summed E-state index contributed by atoms with van der Waals surface area (Å²) in [5, 5.41) is 11.0. The lowest BCUT2D eigenvalue weighted by molar-refractivity contribution is -0.130. The molecule has 0 radical (unpaired) electrons. The van der Waals surface area contributed by atoms with Crippen LogP contribution in [0.2, 0.25) is 0 Å². The molecule has 0 bridgehead atoms. The number of carbonyl (C=O) groups is 6. The van der Waals surface area contributed by atoms with E-state index in [-0.39, 0.29) is 68.2 Å². The summed E-state index contributed by atoms with van der Waals surface area (Å²) in [4.78, 5) is 86.4. The van der Waals surface area contributed by atoms with Gasteiger partial charge in [0.25, 0.3) is 11.8 Å². The van der Waals surface area contributed by atoms with E-state index < -0.39 is 41.5 Å². The van der Waals surface area contributed by atoms with Gasteiger partial charge < -0.3 is 46.5 Å². The number of ether oxygens (including phenoxy) is 1. The molecular weight excluding hydrogens is 762 g/mol. The number of aryl methyl sites for hydroxylation is 1. The van der Waals surface area contributed by atoms with Crippen molar-refractivity contribution in [3.05, 3.63) is 81.9 Å². The van der Waals surface area contributed by atoms with E-state index in [0.29, 0.717) is 41.4 Å². The molecule has 2 aromatic carbocycles. The number of aromatic amines is 1. The first kappa shape index (κ1) is 45.6. The molecule has 0 saturated heterocycles. The molecule has 1 aliphatic rings. The van der Waals surface area contributed by atoms with Gasteiger partial charge in [0, 0.05) is 69.6 Å². The standard InChI is InChI=1S/C42H56FN9O7/c1-7-51(8-2)22-20-46-40(56)38-26(3)34(48-27(38)4)24-32-31-23-29(43)11-14-35(31)52(41(32)57)42(58)50(5)21-19-45-36(53)15-16-37(54)49-33(17-18-44)39(55)47-25-28-9-12-30(59-6)13-10-28/h9-14,23-24,33,48H,7-8,15-22,25,44H2,1-6H3,(H,45,53)(H,46,56)(H,47,55)(H,49,54)/b32-24-. The monoisotopic (exact) mass is 817 g/mol. The maximum atomic E-state index is 14.6. The minimum atomic E-state index is -0.883. The predicted molar refractivity (Wildman–Crippen MR) is 223 cm³/mol. The van der Waals surface area contributed by atoms with E-state index in [1.54, 1.807) is 33.1 Å². The van der Waals surface area contributed by atoms with Crippen LogP contribution in [0.25, 0.3) is 11.6 Å². The second-order valence-corrected chi connectivity index (χ2v) is 14.1. The van der Waals surface area contributed by atoms with Crippen LogP contribution in [-0.4, -0.2) is 116 Å². The van der Waals surface area contributed by atoms with Crippen molar-refractivity contribution in [1.82, 2.24) is 36.1 Å². The molecule has 7 N–H and O–H groups in total. The zero-order valence-corrected chi connectivity index (χ0v) is 34.6. The van der Waals surface area contributed by atoms with Crippen molar-refractivity contribution < 1.29 is 37.9 Å². The second kappa shape index (κ2) is 21.6. The molecule has 3 aromatic rings. The van der Waals surface area contributed by atoms with Crippen molar-refractivity contribution in [3.63, 3.8) is 0 Å². The molecule has 16 nitrogen and oxygen atoms in total. The molecule has 59 heavy (non-hydrogen) atoms. The Labute approximate surface area is 344 Å². The van der Waals surface area contributed by atoms with Gasteiger partial charge >= 0.3 is 6.03 Å². The van der Waals surface area contributed by atoms with Crippen molar-refractivity contribution in [2.45, 2.75) is 59.5 Å². The summed E-state index contributed by atoms with van der Waals surface area (Å²) in [6.45, 7) is 10.9. The van der Waals surface area contributed by atoms with Crippen molar-refractivity contribution >= 4 is 52.9 Å². The third kappa shape index (κ3) is 12.0. The van der Waals surface area contributed by atoms with Crippen molar-refractivity contribution in [2.75, 3.05) is 64.9 Å². The number of nitrogens with one attached hydrogen (secondary N) is 5. The highest BCUT2D eigenvalue weighted by atomic mass is 19.1. The molecule has 7 amide bonds. The number of benzene rings is 2. The number of amides is 7. The molecule has 1 unspecified atom stereocenters. The number of halogens is 1. The average Bonchev–Trinajstić information content (AvgIpc) is 3.66. The Morgan fingerprint density at radius 3 is 2.29 bits per heavy atom. The number of fused-ring (bicyclic) bond motifs is 1. The maximum Gasteiger partial charge on any atom is 0.331 e. The minimum Gasteiger partial charge on any atom is -0.497 e. The number of hydrogen-bond donors (Lipinski definition) is 6. The number of likely N-dealkylation sites (N-methyl/N-ethyl adjacent to an activating group) is 2. The van der Waals surface area contributed by atoms with Gasteiger partial charge in [0.2, 0.25) is 17.7 Å². The van der Waals surface area contributed by atoms with Gasteiger partial charge in [-0.1, -0.05) is 26.0 Å². The summed E-state index contributed by atoms with van der Waals surface area (Å²) in [5.41, 5.74) is 9.07. The quantitative estimate of drug-likeness (QED) is 0.0925. The molecule has 0 saturated carbocycles. The lowest BCUT2D eigenvalue weighted by atomic mass is 10.0. The Morgan fingerprint density at radius 2 is 1.63 bits per heavy atom. The highest BCUT2D eigenvalue weighted by Crippen LogP contribution is 2.39. The molecule has 2 heterocycles. The first-order valence-electron chi connectivity index (χ1n) is 19.7. The Morgan fingerprint density at radius 1 is 0.949 bits per heavy atom. The lowest BCUT2D eigenvalue weighted by Gasteiger charge is -2.23. The fraction of sp³-hybridized carbons (Fsp3) is 0.429. The Bertz CT molecular complexity index is 2030. The fourth-order valence-corrected chi connectivity index (χ4v) is 6.66. The highest BCUT2D eigenvalue weighted by molar-refractivity contribution is 6.42. The number of aromatic nitrogens is 1. The van der Waals surface area contributed by atoms with Gasteiger partial charge in [-0.15, -0.1) is 0 Å². The van der Waals surface area contributed by atoms with E-state index in [1.165, 1.54) is 30.2 Å². The first-order valence-corrected chi connectivity index (χ1v) is 19.7. The van der Waals surface area contributed by atoms with Crippen LogP contribution in [-0.2, 0) is 25.7 Å². The summed E-state index contributed by atoms with van der Waals surface area (Å²) in [5.74, 6) is -2.24. The molecule has 1 aliphatic heterocycles. The van der Waals surface area contributed by atoms with Crippen LogP contribution in [0.3, 0.4) is 0 Å². The Balaban J connectivity index is 1.31. The number of rotatable bonds is 20. The number of nitrogens with zero attached hydrogens (tertiary/aromatic N) is 3. The topological polar surface area (TPSA) is 211 Å². The lowest BCUT2D eigenvalue weighted by Crippen LogP contribution is -2.47. The van der Waals surface area contributed by atoms with Crippen LogP contribution in [0.15, 0.2) is 42.5 Å². The molecule has 1 atom stereocenters. The van der Waals surface area contributed by atoms with Gasteiger partial charge in [-0.3, -0.25) is 24.0 Å². The van der Waals surface area contributed by atoms with Crippen LogP contribution in [0.5, 0.6) is 5.75 Å². The third-order valence-corrected chi connectivity index (χ3v) is 10.1. The van der Waals surface area contributed by atoms with Crippen LogP contribution < -0.4 is 36.6 Å². The van der Waals surface area contributed by atoms with Crippen molar-refractivity contribution in [2.24, 2.45) is 5.73 Å². The molecule has 1 aromatic heterocycles. The summed E-state index contributed by atoms with van der Waals surface area (Å²) < 4.78 is 19.7. The fourth-order valence-electron chi connectivity index (χ4n) is 6.66. The van der Waals surface area contributed by atoms with E-state index in [9.17, 15) is 33.2 Å². The third-order valence-electron chi connectivity index (χ3n) is 10.1. The molecule has 0 fully saturated rings. The SMILES string of the molecule is CCN(CC)CCNC(=O)c1c(C)[nH]c(/C=C2\C(=O)N(C(=O)N(C)CCNC(=O)CCC(=O)NC(CCN)C(=O)NCc3ccc(OC)cc3)c3ccc(F)cc32)c1C. The zero-order valence-electron chi connectivity index (χ0n) is 34.6. The van der Waals surface area contributed by atoms with E-state index in [0.717, 1.165) is 29.6 Å². The Hall–Kier alpha value is -6.07. The van der Waals surface area contributed by atoms with E-state index in [2.05, 4.69) is 45.0 Å². The number of H-pyrrole nitrogens is 1. The zero-order chi connectivity index (χ0) is 43.2. The smallest absolute Gasteiger partial charge is 0.331 e. The summed E-state index contributed by atoms with van der Waals surface area (Å²) in [7, 11) is 3.02. The van der Waals surface area contributed by atoms with Crippen molar-refractivity contribution in [1.29, 1.82) is 0 Å². The maximum absolute atomic E-state index is 14.6. The number of hydrogen-bond acceptors (Lipinski definition) is 9. The van der Waals surface area contributed by atoms with E-state index in [1.807, 2.05) is 12.1 Å². The molecule has 318 valence electrons. The van der Waals surface area contributed by atoms with Gasteiger partial charge in [0.15, 0.2) is 0 Å².